The van der Waals surface area contributed by atoms with E-state index in [0.29, 0.717) is 5.92 Å². The lowest BCUT2D eigenvalue weighted by molar-refractivity contribution is 0.528. The molecule has 2 aromatic rings. The van der Waals surface area contributed by atoms with Crippen molar-refractivity contribution in [2.24, 2.45) is 0 Å². The maximum absolute atomic E-state index is 4.19. The molecule has 1 aromatic heterocycles. The van der Waals surface area contributed by atoms with Crippen molar-refractivity contribution in [2.75, 3.05) is 11.4 Å². The number of rotatable bonds is 5. The van der Waals surface area contributed by atoms with Crippen LogP contribution in [0.5, 0.6) is 0 Å². The smallest absolute Gasteiger partial charge is 0.170 e. The number of hydrogen-bond acceptors (Lipinski definition) is 4. The fourth-order valence-electron chi connectivity index (χ4n) is 2.86. The number of tetrazole rings is 1. The first kappa shape index (κ1) is 13.1. The van der Waals surface area contributed by atoms with Gasteiger partial charge in [0.25, 0.3) is 0 Å². The zero-order valence-corrected chi connectivity index (χ0v) is 12.2. The van der Waals surface area contributed by atoms with Gasteiger partial charge >= 0.3 is 0 Å². The third-order valence-electron chi connectivity index (χ3n) is 3.96. The van der Waals surface area contributed by atoms with Gasteiger partial charge < -0.3 is 4.90 Å². The molecule has 0 saturated heterocycles. The highest BCUT2D eigenvalue weighted by molar-refractivity contribution is 5.59. The normalized spacial score (nSPS) is 17.5. The molecule has 106 valence electrons. The van der Waals surface area contributed by atoms with E-state index in [9.17, 15) is 0 Å². The van der Waals surface area contributed by atoms with Gasteiger partial charge in [-0.15, -0.1) is 5.10 Å². The van der Waals surface area contributed by atoms with Crippen LogP contribution >= 0.6 is 0 Å². The van der Waals surface area contributed by atoms with Crippen LogP contribution in [0.2, 0.25) is 0 Å². The van der Waals surface area contributed by atoms with Gasteiger partial charge in [0.15, 0.2) is 5.82 Å². The summed E-state index contributed by atoms with van der Waals surface area (Å²) in [6.45, 7) is 7.20. The van der Waals surface area contributed by atoms with E-state index in [1.807, 2.05) is 4.68 Å². The van der Waals surface area contributed by atoms with Crippen LogP contribution in [-0.2, 0) is 13.1 Å². The van der Waals surface area contributed by atoms with Gasteiger partial charge in [-0.1, -0.05) is 38.5 Å². The molecular formula is C15H21N5. The van der Waals surface area contributed by atoms with Gasteiger partial charge in [-0.2, -0.15) is 0 Å². The van der Waals surface area contributed by atoms with E-state index >= 15 is 0 Å². The SMILES string of the molecule is CCCCn1nnnc1CN1CC(C)c2ccccc21. The van der Waals surface area contributed by atoms with Crippen LogP contribution in [0.1, 0.15) is 44.0 Å². The molecule has 1 aliphatic rings. The molecule has 0 saturated carbocycles. The summed E-state index contributed by atoms with van der Waals surface area (Å²) in [7, 11) is 0. The number of para-hydroxylation sites is 1. The number of unbranched alkanes of at least 4 members (excludes halogenated alkanes) is 1. The molecule has 0 N–H and O–H groups in total. The zero-order chi connectivity index (χ0) is 13.9. The fraction of sp³-hybridized carbons (Fsp3) is 0.533. The Morgan fingerprint density at radius 2 is 2.15 bits per heavy atom. The maximum Gasteiger partial charge on any atom is 0.170 e. The van der Waals surface area contributed by atoms with Gasteiger partial charge in [0.1, 0.15) is 0 Å². The molecular weight excluding hydrogens is 250 g/mol. The van der Waals surface area contributed by atoms with Crippen LogP contribution < -0.4 is 4.90 Å². The molecule has 1 aromatic carbocycles. The van der Waals surface area contributed by atoms with Crippen molar-refractivity contribution < 1.29 is 0 Å². The summed E-state index contributed by atoms with van der Waals surface area (Å²) in [5, 5.41) is 12.1. The van der Waals surface area contributed by atoms with Crippen LogP contribution in [-0.4, -0.2) is 26.8 Å². The number of hydrogen-bond donors (Lipinski definition) is 0. The lowest BCUT2D eigenvalue weighted by atomic mass is 10.0. The Labute approximate surface area is 119 Å². The van der Waals surface area contributed by atoms with Gasteiger partial charge in [-0.05, 0) is 28.5 Å². The monoisotopic (exact) mass is 271 g/mol. The molecule has 0 amide bonds. The van der Waals surface area contributed by atoms with E-state index in [1.165, 1.54) is 11.3 Å². The average Bonchev–Trinajstić information content (AvgIpc) is 3.03. The van der Waals surface area contributed by atoms with Gasteiger partial charge in [-0.3, -0.25) is 0 Å². The van der Waals surface area contributed by atoms with E-state index in [0.717, 1.165) is 38.3 Å². The van der Waals surface area contributed by atoms with Crippen molar-refractivity contribution in [3.8, 4) is 0 Å². The molecule has 1 aliphatic heterocycles. The minimum atomic E-state index is 0.575. The topological polar surface area (TPSA) is 46.8 Å². The second-order valence-corrected chi connectivity index (χ2v) is 5.51. The summed E-state index contributed by atoms with van der Waals surface area (Å²) < 4.78 is 1.94. The Balaban J connectivity index is 1.78. The van der Waals surface area contributed by atoms with Crippen LogP contribution in [0.3, 0.4) is 0 Å². The summed E-state index contributed by atoms with van der Waals surface area (Å²) in [6, 6.07) is 8.63. The second-order valence-electron chi connectivity index (χ2n) is 5.51. The van der Waals surface area contributed by atoms with Crippen molar-refractivity contribution in [3.63, 3.8) is 0 Å². The number of nitrogens with zero attached hydrogens (tertiary/aromatic N) is 5. The van der Waals surface area contributed by atoms with E-state index in [1.54, 1.807) is 0 Å². The van der Waals surface area contributed by atoms with E-state index in [-0.39, 0.29) is 0 Å². The highest BCUT2D eigenvalue weighted by atomic mass is 15.5. The lowest BCUT2D eigenvalue weighted by Gasteiger charge is -2.18. The molecule has 0 spiro atoms. The van der Waals surface area contributed by atoms with Crippen LogP contribution in [0.25, 0.3) is 0 Å². The molecule has 0 radical (unpaired) electrons. The number of anilines is 1. The predicted octanol–water partition coefficient (Wildman–Crippen LogP) is 2.60. The fourth-order valence-corrected chi connectivity index (χ4v) is 2.86. The van der Waals surface area contributed by atoms with E-state index in [4.69, 9.17) is 0 Å². The van der Waals surface area contributed by atoms with Gasteiger partial charge in [-0.25, -0.2) is 4.68 Å². The zero-order valence-electron chi connectivity index (χ0n) is 12.2. The number of benzene rings is 1. The Morgan fingerprint density at radius 3 is 3.00 bits per heavy atom. The molecule has 0 bridgehead atoms. The molecule has 1 atom stereocenters. The molecule has 5 heteroatoms. The number of fused-ring (bicyclic) bond motifs is 1. The quantitative estimate of drug-likeness (QED) is 0.838. The molecule has 1 unspecified atom stereocenters. The average molecular weight is 271 g/mol. The Morgan fingerprint density at radius 1 is 1.30 bits per heavy atom. The number of aryl methyl sites for hydroxylation is 1. The summed E-state index contributed by atoms with van der Waals surface area (Å²) in [6.07, 6.45) is 2.27. The first-order valence-electron chi connectivity index (χ1n) is 7.38. The predicted molar refractivity (Wildman–Crippen MR) is 78.6 cm³/mol. The van der Waals surface area contributed by atoms with Crippen molar-refractivity contribution in [1.82, 2.24) is 20.2 Å². The first-order valence-corrected chi connectivity index (χ1v) is 7.38. The Bertz CT molecular complexity index is 577. The van der Waals surface area contributed by atoms with Gasteiger partial charge in [0, 0.05) is 24.7 Å². The van der Waals surface area contributed by atoms with Crippen molar-refractivity contribution in [1.29, 1.82) is 0 Å². The summed E-state index contributed by atoms with van der Waals surface area (Å²) >= 11 is 0. The van der Waals surface area contributed by atoms with Crippen molar-refractivity contribution >= 4 is 5.69 Å². The largest absolute Gasteiger partial charge is 0.363 e. The third kappa shape index (κ3) is 2.40. The molecule has 3 rings (SSSR count). The molecule has 2 heterocycles. The van der Waals surface area contributed by atoms with Crippen LogP contribution in [0.4, 0.5) is 5.69 Å². The molecule has 20 heavy (non-hydrogen) atoms. The second kappa shape index (κ2) is 5.61. The maximum atomic E-state index is 4.19. The first-order chi connectivity index (χ1) is 9.79. The van der Waals surface area contributed by atoms with Gasteiger partial charge in [0.2, 0.25) is 0 Å². The minimum Gasteiger partial charge on any atom is -0.363 e. The summed E-state index contributed by atoms with van der Waals surface area (Å²) in [5.41, 5.74) is 2.75. The minimum absolute atomic E-state index is 0.575. The summed E-state index contributed by atoms with van der Waals surface area (Å²) in [5.74, 6) is 1.54. The van der Waals surface area contributed by atoms with Crippen LogP contribution in [0, 0.1) is 0 Å². The molecule has 0 fully saturated rings. The van der Waals surface area contributed by atoms with E-state index in [2.05, 4.69) is 58.5 Å². The van der Waals surface area contributed by atoms with Gasteiger partial charge in [0.05, 0.1) is 6.54 Å². The lowest BCUT2D eigenvalue weighted by Crippen LogP contribution is -2.23. The van der Waals surface area contributed by atoms with Crippen molar-refractivity contribution in [3.05, 3.63) is 35.7 Å². The van der Waals surface area contributed by atoms with E-state index < -0.39 is 0 Å². The highest BCUT2D eigenvalue weighted by Crippen LogP contribution is 2.36. The van der Waals surface area contributed by atoms with Crippen molar-refractivity contribution in [2.45, 2.75) is 45.7 Å². The highest BCUT2D eigenvalue weighted by Gasteiger charge is 2.26. The Hall–Kier alpha value is -1.91. The summed E-state index contributed by atoms with van der Waals surface area (Å²) in [4.78, 5) is 2.38. The molecule has 5 nitrogen and oxygen atoms in total. The van der Waals surface area contributed by atoms with Crippen LogP contribution in [0.15, 0.2) is 24.3 Å². The standard InChI is InChI=1S/C15H21N5/c1-3-4-9-20-15(16-17-18-20)11-19-10-12(2)13-7-5-6-8-14(13)19/h5-8,12H,3-4,9-11H2,1-2H3. The molecule has 0 aliphatic carbocycles. The number of aromatic nitrogens is 4. The Kier molecular flexibility index (Phi) is 3.67. The third-order valence-corrected chi connectivity index (χ3v) is 3.96.